The van der Waals surface area contributed by atoms with Crippen LogP contribution in [0.5, 0.6) is 11.8 Å². The highest BCUT2D eigenvalue weighted by atomic mass is 35.5. The number of aromatic amines is 1. The first-order chi connectivity index (χ1) is 15.1. The second-order valence-corrected chi connectivity index (χ2v) is 7.35. The average Bonchev–Trinajstić information content (AvgIpc) is 3.10. The van der Waals surface area contributed by atoms with Gasteiger partial charge < -0.3 is 19.6 Å². The first-order valence-corrected chi connectivity index (χ1v) is 9.90. The van der Waals surface area contributed by atoms with Gasteiger partial charge in [-0.3, -0.25) is 0 Å². The number of carbonyl (C=O) groups is 1. The molecule has 2 aromatic rings. The second kappa shape index (κ2) is 11.2. The molecule has 32 heavy (non-hydrogen) atoms. The number of hydrogen-bond acceptors (Lipinski definition) is 4. The summed E-state index contributed by atoms with van der Waals surface area (Å²) < 4.78 is 24.9. The second-order valence-electron chi connectivity index (χ2n) is 6.76. The summed E-state index contributed by atoms with van der Waals surface area (Å²) in [5.41, 5.74) is 1.89. The summed E-state index contributed by atoms with van der Waals surface area (Å²) in [7, 11) is 1.47. The number of halogens is 2. The minimum Gasteiger partial charge on any atom is -0.497 e. The van der Waals surface area contributed by atoms with Crippen molar-refractivity contribution in [3.8, 4) is 11.8 Å². The van der Waals surface area contributed by atoms with Crippen molar-refractivity contribution in [1.29, 1.82) is 0 Å². The quantitative estimate of drug-likeness (QED) is 0.265. The van der Waals surface area contributed by atoms with E-state index in [0.717, 1.165) is 0 Å². The molecule has 1 heterocycles. The Balaban J connectivity index is 2.38. The summed E-state index contributed by atoms with van der Waals surface area (Å²) >= 11 is 6.01. The van der Waals surface area contributed by atoms with Crippen molar-refractivity contribution in [1.82, 2.24) is 9.97 Å². The fraction of sp³-hybridized carbons (Fsp3) is 0.167. The van der Waals surface area contributed by atoms with Crippen LogP contribution in [0.4, 0.5) is 4.39 Å². The van der Waals surface area contributed by atoms with E-state index in [-0.39, 0.29) is 11.6 Å². The molecule has 0 saturated carbocycles. The standard InChI is InChI=1S/C24H24ClFN2O4/c1-6-14(2)19(23(29)30)12-16(4)32-24-27-21(22(28-24)11-15(3)25)10-8-17-7-9-18(31-5)13-20(17)26/h6-13H,1H2,2-5H3,(H,27,28)(H,29,30)/b10-8+,15-11+,16-12+,19-14+. The molecule has 0 unspecified atom stereocenters. The first kappa shape index (κ1) is 24.7. The van der Waals surface area contributed by atoms with Gasteiger partial charge in [-0.25, -0.2) is 9.18 Å². The molecular formula is C24H24ClFN2O4. The molecule has 2 N–H and O–H groups in total. The molecule has 0 aliphatic carbocycles. The minimum absolute atomic E-state index is 0.0517. The van der Waals surface area contributed by atoms with Crippen LogP contribution < -0.4 is 9.47 Å². The molecule has 2 rings (SSSR count). The van der Waals surface area contributed by atoms with Crippen LogP contribution in [0.2, 0.25) is 0 Å². The normalized spacial score (nSPS) is 13.2. The van der Waals surface area contributed by atoms with Crippen LogP contribution >= 0.6 is 11.6 Å². The summed E-state index contributed by atoms with van der Waals surface area (Å²) in [6.45, 7) is 8.53. The number of allylic oxidation sites excluding steroid dienone is 4. The molecule has 6 nitrogen and oxygen atoms in total. The van der Waals surface area contributed by atoms with Gasteiger partial charge in [0.05, 0.1) is 24.1 Å². The third-order valence-corrected chi connectivity index (χ3v) is 4.39. The Hall–Kier alpha value is -3.58. The lowest BCUT2D eigenvalue weighted by Gasteiger charge is -2.04. The lowest BCUT2D eigenvalue weighted by atomic mass is 10.1. The van der Waals surface area contributed by atoms with E-state index >= 15 is 0 Å². The molecular weight excluding hydrogens is 435 g/mol. The third-order valence-electron chi connectivity index (χ3n) is 4.28. The summed E-state index contributed by atoms with van der Waals surface area (Å²) in [5, 5.41) is 9.87. The van der Waals surface area contributed by atoms with Gasteiger partial charge in [0.1, 0.15) is 17.3 Å². The van der Waals surface area contributed by atoms with Crippen LogP contribution in [0, 0.1) is 5.82 Å². The first-order valence-electron chi connectivity index (χ1n) is 9.52. The number of ether oxygens (including phenoxy) is 2. The predicted octanol–water partition coefficient (Wildman–Crippen LogP) is 6.20. The van der Waals surface area contributed by atoms with Crippen molar-refractivity contribution in [3.63, 3.8) is 0 Å². The summed E-state index contributed by atoms with van der Waals surface area (Å²) in [6, 6.07) is 4.65. The van der Waals surface area contributed by atoms with E-state index in [2.05, 4.69) is 16.5 Å². The largest absolute Gasteiger partial charge is 0.497 e. The van der Waals surface area contributed by atoms with Gasteiger partial charge in [-0.2, -0.15) is 4.98 Å². The summed E-state index contributed by atoms with van der Waals surface area (Å²) in [5.74, 6) is -0.827. The van der Waals surface area contributed by atoms with Crippen LogP contribution in [0.1, 0.15) is 37.7 Å². The van der Waals surface area contributed by atoms with Gasteiger partial charge in [-0.05, 0) is 62.8 Å². The third kappa shape index (κ3) is 6.72. The molecule has 0 aliphatic heterocycles. The number of aromatic nitrogens is 2. The Kier molecular flexibility index (Phi) is 8.61. The monoisotopic (exact) mass is 458 g/mol. The zero-order chi connectivity index (χ0) is 23.8. The number of imidazole rings is 1. The van der Waals surface area contributed by atoms with Crippen molar-refractivity contribution in [2.75, 3.05) is 7.11 Å². The fourth-order valence-corrected chi connectivity index (χ4v) is 2.75. The van der Waals surface area contributed by atoms with Gasteiger partial charge in [-0.15, -0.1) is 0 Å². The number of hydrogen-bond donors (Lipinski definition) is 2. The maximum atomic E-state index is 14.2. The van der Waals surface area contributed by atoms with Crippen LogP contribution in [-0.2, 0) is 4.79 Å². The van der Waals surface area contributed by atoms with Crippen LogP contribution in [0.3, 0.4) is 0 Å². The Morgan fingerprint density at radius 1 is 1.28 bits per heavy atom. The van der Waals surface area contributed by atoms with Gasteiger partial charge in [0.15, 0.2) is 0 Å². The number of nitrogens with zero attached hydrogens (tertiary/aromatic N) is 1. The van der Waals surface area contributed by atoms with Gasteiger partial charge in [-0.1, -0.05) is 24.3 Å². The molecule has 0 spiro atoms. The lowest BCUT2D eigenvalue weighted by Crippen LogP contribution is -2.03. The Morgan fingerprint density at radius 2 is 2.00 bits per heavy atom. The highest BCUT2D eigenvalue weighted by Crippen LogP contribution is 2.23. The van der Waals surface area contributed by atoms with Crippen LogP contribution in [0.25, 0.3) is 18.2 Å². The highest BCUT2D eigenvalue weighted by molar-refractivity contribution is 6.31. The van der Waals surface area contributed by atoms with E-state index in [4.69, 9.17) is 21.1 Å². The van der Waals surface area contributed by atoms with E-state index in [1.807, 2.05) is 0 Å². The molecule has 0 fully saturated rings. The Bertz CT molecular complexity index is 1140. The minimum atomic E-state index is -1.10. The Morgan fingerprint density at radius 3 is 2.56 bits per heavy atom. The van der Waals surface area contributed by atoms with E-state index in [1.165, 1.54) is 25.3 Å². The number of nitrogens with one attached hydrogen (secondary N) is 1. The van der Waals surface area contributed by atoms with E-state index in [1.54, 1.807) is 51.1 Å². The number of H-pyrrole nitrogens is 1. The zero-order valence-corrected chi connectivity index (χ0v) is 19.0. The Labute approximate surface area is 191 Å². The van der Waals surface area contributed by atoms with E-state index in [0.29, 0.717) is 39.1 Å². The average molecular weight is 459 g/mol. The molecule has 1 aromatic heterocycles. The lowest BCUT2D eigenvalue weighted by molar-refractivity contribution is -0.132. The van der Waals surface area contributed by atoms with Crippen LogP contribution in [0.15, 0.2) is 58.9 Å². The molecule has 0 radical (unpaired) electrons. The molecule has 168 valence electrons. The highest BCUT2D eigenvalue weighted by Gasteiger charge is 2.12. The smallest absolute Gasteiger partial charge is 0.336 e. The number of carboxylic acids is 1. The SMILES string of the molecule is C=C/C(C)=C(\C=C(/C)Oc1nc(/C=C/c2ccc(OC)cc2F)c(/C=C(\C)Cl)[nH]1)C(=O)O. The number of rotatable bonds is 9. The van der Waals surface area contributed by atoms with Crippen molar-refractivity contribution in [2.24, 2.45) is 0 Å². The van der Waals surface area contributed by atoms with E-state index in [9.17, 15) is 14.3 Å². The maximum absolute atomic E-state index is 14.2. The maximum Gasteiger partial charge on any atom is 0.336 e. The van der Waals surface area contributed by atoms with Crippen molar-refractivity contribution in [2.45, 2.75) is 20.8 Å². The molecule has 0 amide bonds. The molecule has 8 heteroatoms. The summed E-state index contributed by atoms with van der Waals surface area (Å²) in [6.07, 6.45) is 7.66. The van der Waals surface area contributed by atoms with Gasteiger partial charge in [0.25, 0.3) is 6.01 Å². The van der Waals surface area contributed by atoms with Gasteiger partial charge in [0.2, 0.25) is 0 Å². The molecule has 0 aliphatic rings. The van der Waals surface area contributed by atoms with Crippen molar-refractivity contribution < 1.29 is 23.8 Å². The molecule has 0 atom stereocenters. The van der Waals surface area contributed by atoms with Gasteiger partial charge >= 0.3 is 5.97 Å². The predicted molar refractivity (Wildman–Crippen MR) is 125 cm³/mol. The number of carboxylic acid groups (broad SMARTS) is 1. The van der Waals surface area contributed by atoms with Crippen molar-refractivity contribution >= 4 is 35.8 Å². The van der Waals surface area contributed by atoms with Gasteiger partial charge in [0, 0.05) is 16.7 Å². The van der Waals surface area contributed by atoms with E-state index < -0.39 is 11.8 Å². The van der Waals surface area contributed by atoms with Crippen molar-refractivity contribution in [3.05, 3.63) is 81.6 Å². The topological polar surface area (TPSA) is 84.4 Å². The van der Waals surface area contributed by atoms with Crippen LogP contribution in [-0.4, -0.2) is 28.2 Å². The summed E-state index contributed by atoms with van der Waals surface area (Å²) in [4.78, 5) is 18.8. The number of methoxy groups -OCH3 is 1. The molecule has 0 bridgehead atoms. The zero-order valence-electron chi connectivity index (χ0n) is 18.2. The number of benzene rings is 1. The molecule has 0 saturated heterocycles. The number of aliphatic carboxylic acids is 1. The molecule has 1 aromatic carbocycles. The fourth-order valence-electron chi connectivity index (χ4n) is 2.64.